The summed E-state index contributed by atoms with van der Waals surface area (Å²) in [6.07, 6.45) is 2.23. The van der Waals surface area contributed by atoms with Crippen molar-refractivity contribution in [3.8, 4) is 6.07 Å². The van der Waals surface area contributed by atoms with Crippen LogP contribution in [0.1, 0.15) is 33.6 Å². The molecule has 0 aliphatic heterocycles. The standard InChI is InChI=1S/C17H20ClN3/c1-11-7-8-14-16(2,3)17(14,10-19)15(11)21-20-13-6-4-5-12(18)9-13/h4-6,9,11,14,20H,7-8H2,1-3H3. The number of halogens is 1. The molecular formula is C17H20ClN3. The highest BCUT2D eigenvalue weighted by Gasteiger charge is 2.76. The molecule has 2 aliphatic rings. The molecule has 0 aromatic heterocycles. The molecule has 1 aromatic rings. The lowest BCUT2D eigenvalue weighted by Crippen LogP contribution is -2.30. The quantitative estimate of drug-likeness (QED) is 0.805. The average Bonchev–Trinajstić information content (AvgIpc) is 2.94. The summed E-state index contributed by atoms with van der Waals surface area (Å²) in [7, 11) is 0. The van der Waals surface area contributed by atoms with Crippen LogP contribution in [0.3, 0.4) is 0 Å². The van der Waals surface area contributed by atoms with Gasteiger partial charge in [-0.3, -0.25) is 5.43 Å². The number of rotatable bonds is 2. The van der Waals surface area contributed by atoms with Gasteiger partial charge in [0, 0.05) is 5.02 Å². The fourth-order valence-electron chi connectivity index (χ4n) is 4.06. The number of benzene rings is 1. The lowest BCUT2D eigenvalue weighted by Gasteiger charge is -2.25. The third kappa shape index (κ3) is 1.97. The summed E-state index contributed by atoms with van der Waals surface area (Å²) in [5, 5.41) is 15.1. The third-order valence-corrected chi connectivity index (χ3v) is 5.63. The summed E-state index contributed by atoms with van der Waals surface area (Å²) in [4.78, 5) is 0. The van der Waals surface area contributed by atoms with E-state index in [9.17, 15) is 5.26 Å². The second-order valence-corrected chi connectivity index (χ2v) is 7.23. The first-order chi connectivity index (χ1) is 9.93. The molecule has 0 radical (unpaired) electrons. The van der Waals surface area contributed by atoms with E-state index in [0.717, 1.165) is 24.2 Å². The molecule has 0 amide bonds. The molecule has 0 bridgehead atoms. The Hall–Kier alpha value is -1.53. The van der Waals surface area contributed by atoms with Crippen LogP contribution in [0.2, 0.25) is 5.02 Å². The average molecular weight is 302 g/mol. The van der Waals surface area contributed by atoms with Crippen LogP contribution in [-0.4, -0.2) is 5.71 Å². The van der Waals surface area contributed by atoms with Crippen LogP contribution in [0.5, 0.6) is 0 Å². The van der Waals surface area contributed by atoms with Gasteiger partial charge in [-0.25, -0.2) is 0 Å². The number of nitriles is 1. The van der Waals surface area contributed by atoms with E-state index >= 15 is 0 Å². The van der Waals surface area contributed by atoms with Crippen molar-refractivity contribution in [2.75, 3.05) is 5.43 Å². The maximum Gasteiger partial charge on any atom is 0.106 e. The monoisotopic (exact) mass is 301 g/mol. The summed E-state index contributed by atoms with van der Waals surface area (Å²) in [6.45, 7) is 6.55. The highest BCUT2D eigenvalue weighted by atomic mass is 35.5. The van der Waals surface area contributed by atoms with Gasteiger partial charge in [-0.1, -0.05) is 38.4 Å². The van der Waals surface area contributed by atoms with E-state index in [4.69, 9.17) is 11.6 Å². The van der Waals surface area contributed by atoms with Crippen molar-refractivity contribution < 1.29 is 0 Å². The zero-order chi connectivity index (χ0) is 15.3. The summed E-state index contributed by atoms with van der Waals surface area (Å²) < 4.78 is 0. The number of anilines is 1. The highest BCUT2D eigenvalue weighted by Crippen LogP contribution is 2.73. The van der Waals surface area contributed by atoms with Gasteiger partial charge in [0.1, 0.15) is 5.41 Å². The fourth-order valence-corrected chi connectivity index (χ4v) is 4.25. The van der Waals surface area contributed by atoms with Gasteiger partial charge in [0.25, 0.3) is 0 Å². The van der Waals surface area contributed by atoms with Crippen molar-refractivity contribution in [2.45, 2.75) is 33.6 Å². The normalized spacial score (nSPS) is 34.9. The molecule has 1 aromatic carbocycles. The van der Waals surface area contributed by atoms with E-state index in [1.165, 1.54) is 0 Å². The van der Waals surface area contributed by atoms with E-state index < -0.39 is 5.41 Å². The van der Waals surface area contributed by atoms with E-state index in [1.54, 1.807) is 0 Å². The minimum atomic E-state index is -0.393. The SMILES string of the molecule is CC1CCC2C(C)(C)C2(C#N)C1=NNc1cccc(Cl)c1. The topological polar surface area (TPSA) is 48.2 Å². The van der Waals surface area contributed by atoms with Crippen molar-refractivity contribution in [1.82, 2.24) is 0 Å². The van der Waals surface area contributed by atoms with Crippen LogP contribution in [0.15, 0.2) is 29.4 Å². The Morgan fingerprint density at radius 3 is 2.81 bits per heavy atom. The highest BCUT2D eigenvalue weighted by molar-refractivity contribution is 6.30. The van der Waals surface area contributed by atoms with Gasteiger partial charge < -0.3 is 0 Å². The number of nitrogens with one attached hydrogen (secondary N) is 1. The molecule has 3 rings (SSSR count). The lowest BCUT2D eigenvalue weighted by molar-refractivity contribution is 0.491. The molecule has 2 aliphatic carbocycles. The summed E-state index contributed by atoms with van der Waals surface area (Å²) in [6, 6.07) is 10.1. The second-order valence-electron chi connectivity index (χ2n) is 6.79. The molecule has 21 heavy (non-hydrogen) atoms. The van der Waals surface area contributed by atoms with Crippen molar-refractivity contribution in [3.05, 3.63) is 29.3 Å². The largest absolute Gasteiger partial charge is 0.278 e. The van der Waals surface area contributed by atoms with Crippen LogP contribution in [-0.2, 0) is 0 Å². The zero-order valence-electron chi connectivity index (χ0n) is 12.7. The predicted octanol–water partition coefficient (Wildman–Crippen LogP) is 4.70. The minimum absolute atomic E-state index is 0.0291. The molecule has 3 atom stereocenters. The van der Waals surface area contributed by atoms with Crippen LogP contribution in [0.4, 0.5) is 5.69 Å². The van der Waals surface area contributed by atoms with E-state index in [0.29, 0.717) is 16.9 Å². The molecular weight excluding hydrogens is 282 g/mol. The first kappa shape index (κ1) is 14.4. The van der Waals surface area contributed by atoms with Crippen LogP contribution in [0.25, 0.3) is 0 Å². The van der Waals surface area contributed by atoms with Crippen LogP contribution in [0, 0.1) is 34.0 Å². The summed E-state index contributed by atoms with van der Waals surface area (Å²) >= 11 is 5.99. The van der Waals surface area contributed by atoms with Gasteiger partial charge in [0.2, 0.25) is 0 Å². The minimum Gasteiger partial charge on any atom is -0.278 e. The van der Waals surface area contributed by atoms with Crippen molar-refractivity contribution in [3.63, 3.8) is 0 Å². The molecule has 3 unspecified atom stereocenters. The smallest absolute Gasteiger partial charge is 0.106 e. The molecule has 1 N–H and O–H groups in total. The lowest BCUT2D eigenvalue weighted by atomic mass is 9.79. The number of hydrogen-bond acceptors (Lipinski definition) is 3. The molecule has 2 fully saturated rings. The van der Waals surface area contributed by atoms with Crippen molar-refractivity contribution in [1.29, 1.82) is 5.26 Å². The van der Waals surface area contributed by atoms with Crippen LogP contribution < -0.4 is 5.43 Å². The van der Waals surface area contributed by atoms with E-state index in [2.05, 4.69) is 37.4 Å². The van der Waals surface area contributed by atoms with Gasteiger partial charge >= 0.3 is 0 Å². The first-order valence-corrected chi connectivity index (χ1v) is 7.82. The third-order valence-electron chi connectivity index (χ3n) is 5.39. The van der Waals surface area contributed by atoms with Gasteiger partial charge in [0.05, 0.1) is 17.5 Å². The Labute approximate surface area is 131 Å². The van der Waals surface area contributed by atoms with E-state index in [1.807, 2.05) is 24.3 Å². The fraction of sp³-hybridized carbons (Fsp3) is 0.529. The molecule has 4 heteroatoms. The summed E-state index contributed by atoms with van der Waals surface area (Å²) in [5.74, 6) is 0.778. The number of nitrogens with zero attached hydrogens (tertiary/aromatic N) is 2. The Morgan fingerprint density at radius 2 is 2.14 bits per heavy atom. The molecule has 0 spiro atoms. The Bertz CT molecular complexity index is 644. The number of fused-ring (bicyclic) bond motifs is 1. The van der Waals surface area contributed by atoms with Gasteiger partial charge in [-0.15, -0.1) is 0 Å². The zero-order valence-corrected chi connectivity index (χ0v) is 13.4. The molecule has 2 saturated carbocycles. The maximum atomic E-state index is 9.78. The maximum absolute atomic E-state index is 9.78. The Balaban J connectivity index is 1.92. The van der Waals surface area contributed by atoms with E-state index in [-0.39, 0.29) is 5.41 Å². The molecule has 0 saturated heterocycles. The van der Waals surface area contributed by atoms with Crippen molar-refractivity contribution >= 4 is 23.0 Å². The van der Waals surface area contributed by atoms with Gasteiger partial charge in [-0.05, 0) is 48.3 Å². The summed E-state index contributed by atoms with van der Waals surface area (Å²) in [5.41, 5.74) is 4.59. The second kappa shape index (κ2) is 4.74. The number of hydrazone groups is 1. The predicted molar refractivity (Wildman–Crippen MR) is 86.2 cm³/mol. The molecule has 0 heterocycles. The Morgan fingerprint density at radius 1 is 1.38 bits per heavy atom. The van der Waals surface area contributed by atoms with Gasteiger partial charge in [0.15, 0.2) is 0 Å². The molecule has 110 valence electrons. The Kier molecular flexibility index (Phi) is 3.26. The van der Waals surface area contributed by atoms with Crippen LogP contribution >= 0.6 is 11.6 Å². The molecule has 3 nitrogen and oxygen atoms in total. The van der Waals surface area contributed by atoms with Crippen molar-refractivity contribution in [2.24, 2.45) is 27.8 Å². The number of hydrogen-bond donors (Lipinski definition) is 1. The van der Waals surface area contributed by atoms with Gasteiger partial charge in [-0.2, -0.15) is 10.4 Å². The first-order valence-electron chi connectivity index (χ1n) is 7.44.